The van der Waals surface area contributed by atoms with E-state index in [4.69, 9.17) is 0 Å². The molecule has 0 saturated carbocycles. The number of aryl methyl sites for hydroxylation is 2. The van der Waals surface area contributed by atoms with E-state index >= 15 is 0 Å². The molecule has 25 heavy (non-hydrogen) atoms. The van der Waals surface area contributed by atoms with Crippen molar-refractivity contribution in [2.45, 2.75) is 26.1 Å². The molecule has 0 saturated heterocycles. The standard InChI is InChI=1S/C16H17BrF3N3O2/c1-11-14(17)9-23(22-11)7-3-6-21-15(24)12-4-2-5-13(8-12)25-10-16(18,19)20/h2,4-5,8-9H,3,6-7,10H2,1H3,(H,21,24). The Bertz CT molecular complexity index is 712. The second-order valence-corrected chi connectivity index (χ2v) is 6.22. The van der Waals surface area contributed by atoms with Gasteiger partial charge >= 0.3 is 6.18 Å². The maximum atomic E-state index is 12.2. The first-order chi connectivity index (χ1) is 11.7. The number of amides is 1. The van der Waals surface area contributed by atoms with Crippen LogP contribution in [0.2, 0.25) is 0 Å². The lowest BCUT2D eigenvalue weighted by atomic mass is 10.2. The summed E-state index contributed by atoms with van der Waals surface area (Å²) in [5.41, 5.74) is 1.14. The van der Waals surface area contributed by atoms with Crippen molar-refractivity contribution >= 4 is 21.8 Å². The molecule has 1 aromatic carbocycles. The second kappa shape index (κ2) is 8.37. The highest BCUT2D eigenvalue weighted by Crippen LogP contribution is 2.19. The summed E-state index contributed by atoms with van der Waals surface area (Å²) >= 11 is 3.38. The van der Waals surface area contributed by atoms with E-state index in [9.17, 15) is 18.0 Å². The normalized spacial score (nSPS) is 11.4. The van der Waals surface area contributed by atoms with E-state index in [1.54, 1.807) is 4.68 Å². The first kappa shape index (κ1) is 19.3. The monoisotopic (exact) mass is 419 g/mol. The first-order valence-corrected chi connectivity index (χ1v) is 8.31. The number of hydrogen-bond donors (Lipinski definition) is 1. The van der Waals surface area contributed by atoms with Gasteiger partial charge in [-0.25, -0.2) is 0 Å². The molecule has 0 aliphatic heterocycles. The van der Waals surface area contributed by atoms with Gasteiger partial charge in [-0.1, -0.05) is 6.07 Å². The van der Waals surface area contributed by atoms with Crippen molar-refractivity contribution in [3.05, 3.63) is 46.2 Å². The third kappa shape index (κ3) is 6.41. The average molecular weight is 420 g/mol. The summed E-state index contributed by atoms with van der Waals surface area (Å²) in [6.07, 6.45) is -1.89. The van der Waals surface area contributed by atoms with Crippen LogP contribution in [0.4, 0.5) is 13.2 Å². The fourth-order valence-electron chi connectivity index (χ4n) is 2.05. The molecule has 1 heterocycles. The minimum atomic E-state index is -4.42. The SMILES string of the molecule is Cc1nn(CCCNC(=O)c2cccc(OCC(F)(F)F)c2)cc1Br. The summed E-state index contributed by atoms with van der Waals surface area (Å²) in [6, 6.07) is 5.66. The van der Waals surface area contributed by atoms with Gasteiger partial charge in [-0.05, 0) is 47.5 Å². The second-order valence-electron chi connectivity index (χ2n) is 5.37. The Morgan fingerprint density at radius 3 is 2.80 bits per heavy atom. The molecule has 0 fully saturated rings. The molecule has 9 heteroatoms. The fourth-order valence-corrected chi connectivity index (χ4v) is 2.36. The molecule has 2 rings (SSSR count). The Morgan fingerprint density at radius 1 is 1.40 bits per heavy atom. The number of halogens is 4. The zero-order valence-corrected chi connectivity index (χ0v) is 15.0. The minimum absolute atomic E-state index is 0.00171. The topological polar surface area (TPSA) is 56.2 Å². The van der Waals surface area contributed by atoms with Crippen molar-refractivity contribution in [2.75, 3.05) is 13.2 Å². The van der Waals surface area contributed by atoms with Crippen LogP contribution in [0.1, 0.15) is 22.5 Å². The number of carbonyl (C=O) groups is 1. The van der Waals surface area contributed by atoms with E-state index < -0.39 is 12.8 Å². The van der Waals surface area contributed by atoms with E-state index in [0.29, 0.717) is 19.5 Å². The maximum absolute atomic E-state index is 12.2. The number of aromatic nitrogens is 2. The van der Waals surface area contributed by atoms with E-state index in [0.717, 1.165) is 10.2 Å². The van der Waals surface area contributed by atoms with Gasteiger partial charge in [-0.3, -0.25) is 9.48 Å². The molecule has 5 nitrogen and oxygen atoms in total. The highest BCUT2D eigenvalue weighted by atomic mass is 79.9. The van der Waals surface area contributed by atoms with Gasteiger partial charge in [0.25, 0.3) is 5.91 Å². The quantitative estimate of drug-likeness (QED) is 0.695. The van der Waals surface area contributed by atoms with E-state index in [1.165, 1.54) is 24.3 Å². The number of ether oxygens (including phenoxy) is 1. The summed E-state index contributed by atoms with van der Waals surface area (Å²) < 4.78 is 43.8. The van der Waals surface area contributed by atoms with Crippen LogP contribution >= 0.6 is 15.9 Å². The largest absolute Gasteiger partial charge is 0.484 e. The summed E-state index contributed by atoms with van der Waals surface area (Å²) in [5.74, 6) is -0.364. The number of nitrogens with one attached hydrogen (secondary N) is 1. The number of hydrogen-bond acceptors (Lipinski definition) is 3. The Hall–Kier alpha value is -2.03. The molecule has 0 bridgehead atoms. The van der Waals surface area contributed by atoms with Crippen LogP contribution in [0.15, 0.2) is 34.9 Å². The summed E-state index contributed by atoms with van der Waals surface area (Å²) in [6.45, 7) is 1.55. The fraction of sp³-hybridized carbons (Fsp3) is 0.375. The van der Waals surface area contributed by atoms with Crippen molar-refractivity contribution in [1.82, 2.24) is 15.1 Å². The van der Waals surface area contributed by atoms with Gasteiger partial charge in [0, 0.05) is 24.8 Å². The zero-order chi connectivity index (χ0) is 18.4. The van der Waals surface area contributed by atoms with Crippen molar-refractivity contribution in [1.29, 1.82) is 0 Å². The van der Waals surface area contributed by atoms with Gasteiger partial charge in [0.15, 0.2) is 6.61 Å². The molecule has 0 radical (unpaired) electrons. The van der Waals surface area contributed by atoms with Gasteiger partial charge in [0.05, 0.1) is 10.2 Å². The van der Waals surface area contributed by atoms with E-state index in [-0.39, 0.29) is 17.2 Å². The van der Waals surface area contributed by atoms with Crippen LogP contribution in [-0.4, -0.2) is 35.0 Å². The number of rotatable bonds is 7. The lowest BCUT2D eigenvalue weighted by Crippen LogP contribution is -2.25. The van der Waals surface area contributed by atoms with Gasteiger partial charge in [-0.2, -0.15) is 18.3 Å². The van der Waals surface area contributed by atoms with Crippen LogP contribution in [0.25, 0.3) is 0 Å². The van der Waals surface area contributed by atoms with Crippen LogP contribution in [0.5, 0.6) is 5.75 Å². The number of carbonyl (C=O) groups excluding carboxylic acids is 1. The summed E-state index contributed by atoms with van der Waals surface area (Å²) in [4.78, 5) is 12.0. The highest BCUT2D eigenvalue weighted by Gasteiger charge is 2.28. The Balaban J connectivity index is 1.80. The molecule has 0 aliphatic rings. The van der Waals surface area contributed by atoms with Crippen LogP contribution in [0.3, 0.4) is 0 Å². The van der Waals surface area contributed by atoms with Crippen molar-refractivity contribution in [3.8, 4) is 5.75 Å². The van der Waals surface area contributed by atoms with Crippen LogP contribution in [0, 0.1) is 6.92 Å². The van der Waals surface area contributed by atoms with Crippen molar-refractivity contribution in [2.24, 2.45) is 0 Å². The molecule has 0 aliphatic carbocycles. The highest BCUT2D eigenvalue weighted by molar-refractivity contribution is 9.10. The molecule has 0 spiro atoms. The molecular formula is C16H17BrF3N3O2. The lowest BCUT2D eigenvalue weighted by molar-refractivity contribution is -0.153. The molecule has 1 amide bonds. The third-order valence-electron chi connectivity index (χ3n) is 3.23. The number of nitrogens with zero attached hydrogens (tertiary/aromatic N) is 2. The predicted molar refractivity (Wildman–Crippen MR) is 89.6 cm³/mol. The van der Waals surface area contributed by atoms with Gasteiger partial charge in [-0.15, -0.1) is 0 Å². The van der Waals surface area contributed by atoms with E-state index in [1.807, 2.05) is 13.1 Å². The average Bonchev–Trinajstić information content (AvgIpc) is 2.87. The van der Waals surface area contributed by atoms with Crippen molar-refractivity contribution in [3.63, 3.8) is 0 Å². The van der Waals surface area contributed by atoms with Crippen molar-refractivity contribution < 1.29 is 22.7 Å². The molecule has 2 aromatic rings. The molecule has 0 unspecified atom stereocenters. The van der Waals surface area contributed by atoms with Gasteiger partial charge in [0.1, 0.15) is 5.75 Å². The third-order valence-corrected chi connectivity index (χ3v) is 4.01. The van der Waals surface area contributed by atoms with Crippen LogP contribution < -0.4 is 10.1 Å². The Kier molecular flexibility index (Phi) is 6.46. The summed E-state index contributed by atoms with van der Waals surface area (Å²) in [7, 11) is 0. The number of benzene rings is 1. The first-order valence-electron chi connectivity index (χ1n) is 7.52. The summed E-state index contributed by atoms with van der Waals surface area (Å²) in [5, 5.41) is 7.01. The molecule has 0 atom stereocenters. The predicted octanol–water partition coefficient (Wildman–Crippen LogP) is 3.72. The lowest BCUT2D eigenvalue weighted by Gasteiger charge is -2.10. The van der Waals surface area contributed by atoms with Crippen LogP contribution in [-0.2, 0) is 6.54 Å². The maximum Gasteiger partial charge on any atom is 0.422 e. The smallest absolute Gasteiger partial charge is 0.422 e. The van der Waals surface area contributed by atoms with Gasteiger partial charge < -0.3 is 10.1 Å². The zero-order valence-electron chi connectivity index (χ0n) is 13.4. The molecule has 1 aromatic heterocycles. The Labute approximate surface area is 151 Å². The number of alkyl halides is 3. The molecule has 136 valence electrons. The molecule has 1 N–H and O–H groups in total. The minimum Gasteiger partial charge on any atom is -0.484 e. The molecular weight excluding hydrogens is 403 g/mol. The Morgan fingerprint density at radius 2 is 2.16 bits per heavy atom. The van der Waals surface area contributed by atoms with E-state index in [2.05, 4.69) is 31.1 Å². The van der Waals surface area contributed by atoms with Gasteiger partial charge in [0.2, 0.25) is 0 Å².